The summed E-state index contributed by atoms with van der Waals surface area (Å²) in [5.41, 5.74) is 10.6. The van der Waals surface area contributed by atoms with E-state index in [1.165, 1.54) is 0 Å². The number of rotatable bonds is 14. The second kappa shape index (κ2) is 13.1. The Kier molecular flexibility index (Phi) is 11.7. The second-order valence-corrected chi connectivity index (χ2v) is 7.08. The molecule has 0 saturated heterocycles. The van der Waals surface area contributed by atoms with Crippen molar-refractivity contribution in [2.24, 2.45) is 17.4 Å². The van der Waals surface area contributed by atoms with Crippen LogP contribution in [0, 0.1) is 5.92 Å². The fraction of sp³-hybridized carbons (Fsp3) is 0.647. The molecule has 31 heavy (non-hydrogen) atoms. The van der Waals surface area contributed by atoms with Gasteiger partial charge in [0.2, 0.25) is 23.6 Å². The summed E-state index contributed by atoms with van der Waals surface area (Å²) >= 11 is 0. The first-order valence-corrected chi connectivity index (χ1v) is 9.30. The van der Waals surface area contributed by atoms with Crippen LogP contribution in [0.25, 0.3) is 0 Å². The van der Waals surface area contributed by atoms with Crippen LogP contribution in [0.2, 0.25) is 0 Å². The minimum Gasteiger partial charge on any atom is -0.481 e. The maximum absolute atomic E-state index is 12.4. The van der Waals surface area contributed by atoms with Gasteiger partial charge in [0.1, 0.15) is 18.1 Å². The first-order valence-electron chi connectivity index (χ1n) is 9.30. The van der Waals surface area contributed by atoms with Crippen molar-refractivity contribution in [1.82, 2.24) is 16.0 Å². The number of carboxylic acids is 2. The van der Waals surface area contributed by atoms with Gasteiger partial charge in [-0.25, -0.2) is 4.79 Å². The highest BCUT2D eigenvalue weighted by atomic mass is 16.4. The van der Waals surface area contributed by atoms with Gasteiger partial charge in [-0.3, -0.25) is 24.0 Å². The zero-order chi connectivity index (χ0) is 24.3. The average Bonchev–Trinajstić information content (AvgIpc) is 2.66. The third-order valence-electron chi connectivity index (χ3n) is 4.14. The van der Waals surface area contributed by atoms with Gasteiger partial charge in [-0.2, -0.15) is 0 Å². The molecule has 10 N–H and O–H groups in total. The first-order chi connectivity index (χ1) is 14.3. The Morgan fingerprint density at radius 1 is 0.839 bits per heavy atom. The number of carboxylic acid groups (broad SMARTS) is 2. The molecule has 0 bridgehead atoms. The van der Waals surface area contributed by atoms with E-state index in [1.54, 1.807) is 13.8 Å². The van der Waals surface area contributed by atoms with Crippen molar-refractivity contribution in [3.8, 4) is 0 Å². The largest absolute Gasteiger partial charge is 0.481 e. The Balaban J connectivity index is 5.26. The van der Waals surface area contributed by atoms with E-state index < -0.39 is 72.8 Å². The average molecular weight is 447 g/mol. The molecular formula is C17H29N5O9. The fourth-order valence-electron chi connectivity index (χ4n) is 2.24. The van der Waals surface area contributed by atoms with E-state index in [4.69, 9.17) is 21.7 Å². The van der Waals surface area contributed by atoms with E-state index in [1.807, 2.05) is 5.32 Å². The number of nitrogens with one attached hydrogen (secondary N) is 3. The van der Waals surface area contributed by atoms with E-state index in [0.717, 1.165) is 0 Å². The number of hydrogen-bond donors (Lipinski definition) is 8. The second-order valence-electron chi connectivity index (χ2n) is 7.08. The lowest BCUT2D eigenvalue weighted by Crippen LogP contribution is -2.58. The van der Waals surface area contributed by atoms with Gasteiger partial charge in [-0.05, 0) is 12.3 Å². The number of primary amides is 1. The number of aliphatic hydroxyl groups is 1. The minimum atomic E-state index is -1.66. The lowest BCUT2D eigenvalue weighted by Gasteiger charge is -2.24. The van der Waals surface area contributed by atoms with Crippen molar-refractivity contribution in [2.75, 3.05) is 6.61 Å². The van der Waals surface area contributed by atoms with Crippen molar-refractivity contribution >= 4 is 35.6 Å². The van der Waals surface area contributed by atoms with Crippen LogP contribution >= 0.6 is 0 Å². The number of carbonyl (C=O) groups is 6. The molecule has 0 aromatic carbocycles. The Bertz CT molecular complexity index is 697. The van der Waals surface area contributed by atoms with E-state index >= 15 is 0 Å². The van der Waals surface area contributed by atoms with Crippen molar-refractivity contribution in [3.63, 3.8) is 0 Å². The Morgan fingerprint density at radius 3 is 1.74 bits per heavy atom. The number of aliphatic hydroxyl groups excluding tert-OH is 1. The van der Waals surface area contributed by atoms with Crippen LogP contribution in [-0.4, -0.2) is 81.7 Å². The van der Waals surface area contributed by atoms with Gasteiger partial charge < -0.3 is 42.7 Å². The molecule has 4 unspecified atom stereocenters. The molecule has 0 radical (unpaired) electrons. The molecule has 0 fully saturated rings. The number of hydrogen-bond acceptors (Lipinski definition) is 8. The van der Waals surface area contributed by atoms with Crippen LogP contribution in [0.15, 0.2) is 0 Å². The maximum atomic E-state index is 12.4. The highest BCUT2D eigenvalue weighted by Crippen LogP contribution is 2.02. The number of carbonyl (C=O) groups excluding carboxylic acids is 4. The molecule has 4 atom stereocenters. The molecule has 0 spiro atoms. The van der Waals surface area contributed by atoms with Crippen LogP contribution in [0.3, 0.4) is 0 Å². The molecule has 0 aliphatic carbocycles. The Labute approximate surface area is 177 Å². The normalized spacial score (nSPS) is 14.6. The first kappa shape index (κ1) is 27.7. The standard InChI is InChI=1S/C17H29N5O9/c1-7(2)13(19)16(29)21-9(5-12(25)26)14(27)22-10(6-23)15(28)20-8(17(30)31)3-4-11(18)24/h7-10,13,23H,3-6,19H2,1-2H3,(H2,18,24)(H,20,28)(H,21,29)(H,22,27)(H,25,26)(H,30,31). The lowest BCUT2D eigenvalue weighted by molar-refractivity contribution is -0.143. The smallest absolute Gasteiger partial charge is 0.326 e. The summed E-state index contributed by atoms with van der Waals surface area (Å²) in [6, 6.07) is -5.82. The van der Waals surface area contributed by atoms with Crippen LogP contribution in [0.5, 0.6) is 0 Å². The van der Waals surface area contributed by atoms with Crippen molar-refractivity contribution in [1.29, 1.82) is 0 Å². The predicted molar refractivity (Wildman–Crippen MR) is 104 cm³/mol. The molecule has 14 heteroatoms. The summed E-state index contributed by atoms with van der Waals surface area (Å²) in [6.45, 7) is 2.32. The zero-order valence-electron chi connectivity index (χ0n) is 17.2. The van der Waals surface area contributed by atoms with Crippen molar-refractivity contribution in [2.45, 2.75) is 57.3 Å². The fourth-order valence-corrected chi connectivity index (χ4v) is 2.24. The van der Waals surface area contributed by atoms with Gasteiger partial charge in [-0.1, -0.05) is 13.8 Å². The van der Waals surface area contributed by atoms with Crippen molar-refractivity contribution < 1.29 is 44.1 Å². The van der Waals surface area contributed by atoms with Gasteiger partial charge in [0.15, 0.2) is 0 Å². The number of aliphatic carboxylic acids is 2. The van der Waals surface area contributed by atoms with Crippen molar-refractivity contribution in [3.05, 3.63) is 0 Å². The minimum absolute atomic E-state index is 0.308. The van der Waals surface area contributed by atoms with Gasteiger partial charge in [0.25, 0.3) is 0 Å². The van der Waals surface area contributed by atoms with E-state index in [0.29, 0.717) is 0 Å². The van der Waals surface area contributed by atoms with Crippen LogP contribution < -0.4 is 27.4 Å². The Morgan fingerprint density at radius 2 is 1.32 bits per heavy atom. The monoisotopic (exact) mass is 447 g/mol. The predicted octanol–water partition coefficient (Wildman–Crippen LogP) is -3.76. The summed E-state index contributed by atoms with van der Waals surface area (Å²) in [5, 5.41) is 33.8. The molecule has 14 nitrogen and oxygen atoms in total. The summed E-state index contributed by atoms with van der Waals surface area (Å²) in [7, 11) is 0. The number of amides is 4. The van der Waals surface area contributed by atoms with Crippen LogP contribution in [-0.2, 0) is 28.8 Å². The molecule has 0 aliphatic heterocycles. The molecule has 0 aromatic heterocycles. The summed E-state index contributed by atoms with van der Waals surface area (Å²) < 4.78 is 0. The summed E-state index contributed by atoms with van der Waals surface area (Å²) in [6.07, 6.45) is -1.50. The summed E-state index contributed by atoms with van der Waals surface area (Å²) in [4.78, 5) is 69.8. The molecule has 4 amide bonds. The van der Waals surface area contributed by atoms with E-state index in [-0.39, 0.29) is 18.8 Å². The molecule has 0 saturated carbocycles. The van der Waals surface area contributed by atoms with E-state index in [9.17, 15) is 33.9 Å². The van der Waals surface area contributed by atoms with Gasteiger partial charge in [0.05, 0.1) is 19.1 Å². The third kappa shape index (κ3) is 10.4. The maximum Gasteiger partial charge on any atom is 0.326 e. The SMILES string of the molecule is CC(C)C(N)C(=O)NC(CC(=O)O)C(=O)NC(CO)C(=O)NC(CCC(N)=O)C(=O)O. The van der Waals surface area contributed by atoms with Gasteiger partial charge in [-0.15, -0.1) is 0 Å². The van der Waals surface area contributed by atoms with Gasteiger partial charge >= 0.3 is 11.9 Å². The molecule has 0 aromatic rings. The zero-order valence-corrected chi connectivity index (χ0v) is 17.2. The summed E-state index contributed by atoms with van der Waals surface area (Å²) in [5.74, 6) is -7.01. The molecular weight excluding hydrogens is 418 g/mol. The molecule has 0 rings (SSSR count). The van der Waals surface area contributed by atoms with Crippen LogP contribution in [0.1, 0.15) is 33.1 Å². The number of nitrogens with two attached hydrogens (primary N) is 2. The lowest BCUT2D eigenvalue weighted by atomic mass is 10.0. The van der Waals surface area contributed by atoms with E-state index in [2.05, 4.69) is 10.6 Å². The molecule has 0 aliphatic rings. The molecule has 176 valence electrons. The Hall–Kier alpha value is -3.26. The topological polar surface area (TPSA) is 251 Å². The highest BCUT2D eigenvalue weighted by molar-refractivity contribution is 5.95. The van der Waals surface area contributed by atoms with Crippen LogP contribution in [0.4, 0.5) is 0 Å². The quantitative estimate of drug-likeness (QED) is 0.129. The molecule has 0 heterocycles. The highest BCUT2D eigenvalue weighted by Gasteiger charge is 2.31. The third-order valence-corrected chi connectivity index (χ3v) is 4.14. The van der Waals surface area contributed by atoms with Gasteiger partial charge in [0, 0.05) is 6.42 Å².